The van der Waals surface area contributed by atoms with Crippen LogP contribution in [0.3, 0.4) is 0 Å². The molecule has 0 fully saturated rings. The van der Waals surface area contributed by atoms with Crippen molar-refractivity contribution in [2.24, 2.45) is 15.7 Å². The molecule has 2 unspecified atom stereocenters. The van der Waals surface area contributed by atoms with Gasteiger partial charge in [-0.05, 0) is 16.2 Å². The zero-order valence-corrected chi connectivity index (χ0v) is 15.1. The van der Waals surface area contributed by atoms with Gasteiger partial charge in [0, 0.05) is 18.2 Å². The molecule has 2 atom stereocenters. The van der Waals surface area contributed by atoms with Crippen molar-refractivity contribution in [3.8, 4) is 0 Å². The first-order valence-electron chi connectivity index (χ1n) is 7.17. The Bertz CT molecular complexity index is 830. The van der Waals surface area contributed by atoms with E-state index >= 15 is 0 Å². The first kappa shape index (κ1) is 19.4. The molecule has 2 aliphatic rings. The number of halogens is 7. The van der Waals surface area contributed by atoms with Gasteiger partial charge in [0.05, 0.1) is 22.0 Å². The van der Waals surface area contributed by atoms with Crippen LogP contribution in [0.4, 0.5) is 17.6 Å². The summed E-state index contributed by atoms with van der Waals surface area (Å²) in [4.78, 5) is 7.91. The zero-order valence-electron chi connectivity index (χ0n) is 12.8. The summed E-state index contributed by atoms with van der Waals surface area (Å²) in [6.07, 6.45) is -3.99. The van der Waals surface area contributed by atoms with Crippen LogP contribution in [0.25, 0.3) is 5.57 Å². The van der Waals surface area contributed by atoms with Gasteiger partial charge >= 0.3 is 12.1 Å². The van der Waals surface area contributed by atoms with Crippen molar-refractivity contribution in [2.75, 3.05) is 0 Å². The van der Waals surface area contributed by atoms with Crippen LogP contribution in [0.5, 0.6) is 0 Å². The predicted molar refractivity (Wildman–Crippen MR) is 91.8 cm³/mol. The second-order valence-corrected chi connectivity index (χ2v) is 7.05. The number of quaternary nitrogens is 1. The Morgan fingerprint density at radius 2 is 1.85 bits per heavy atom. The number of aliphatic imine (C=N–C) groups is 2. The molecule has 2 aliphatic heterocycles. The molecule has 12 heteroatoms. The molecular weight excluding hydrogens is 421 g/mol. The summed E-state index contributed by atoms with van der Waals surface area (Å²) in [7, 11) is 0. The lowest BCUT2D eigenvalue weighted by Gasteiger charge is -2.42. The van der Waals surface area contributed by atoms with Gasteiger partial charge in [0.2, 0.25) is 17.4 Å². The minimum Gasteiger partial charge on any atom is -0.271 e. The van der Waals surface area contributed by atoms with E-state index in [1.807, 2.05) is 0 Å². The Labute approximate surface area is 160 Å². The monoisotopic (exact) mass is 430 g/mol. The van der Waals surface area contributed by atoms with E-state index in [1.165, 1.54) is 12.5 Å². The molecule has 1 aromatic carbocycles. The highest BCUT2D eigenvalue weighted by molar-refractivity contribution is 6.37. The lowest BCUT2D eigenvalue weighted by atomic mass is 9.88. The zero-order chi connectivity index (χ0) is 19.3. The van der Waals surface area contributed by atoms with Crippen molar-refractivity contribution in [1.29, 1.82) is 0 Å². The molecular formula is C14H11Cl3F4N5+. The van der Waals surface area contributed by atoms with Gasteiger partial charge in [-0.25, -0.2) is 4.39 Å². The standard InChI is InChI=1S/C14H11Cl3F4N5/c15-9-3-7(18)4-10(16)11(9)8-5-23-12-24-6-25-26(12,17)13(8,22)1-2-14(19,20)21/h3-6H,1-2,22H2,(H,23,24,25)/q+1. The summed E-state index contributed by atoms with van der Waals surface area (Å²) in [5.74, 6) is -0.755. The van der Waals surface area contributed by atoms with Crippen molar-refractivity contribution in [2.45, 2.75) is 24.7 Å². The Kier molecular flexibility index (Phi) is 4.73. The molecule has 2 heterocycles. The van der Waals surface area contributed by atoms with E-state index in [4.69, 9.17) is 40.7 Å². The molecule has 3 rings (SSSR count). The maximum absolute atomic E-state index is 13.5. The number of rotatable bonds is 3. The molecule has 0 bridgehead atoms. The van der Waals surface area contributed by atoms with Gasteiger partial charge in [0.25, 0.3) is 0 Å². The third kappa shape index (κ3) is 3.07. The van der Waals surface area contributed by atoms with Crippen LogP contribution in [-0.4, -0.2) is 28.2 Å². The van der Waals surface area contributed by atoms with Gasteiger partial charge in [-0.1, -0.05) is 23.2 Å². The third-order valence-corrected chi connectivity index (χ3v) is 5.23. The van der Waals surface area contributed by atoms with Gasteiger partial charge in [-0.3, -0.25) is 5.73 Å². The highest BCUT2D eigenvalue weighted by Crippen LogP contribution is 2.47. The summed E-state index contributed by atoms with van der Waals surface area (Å²) in [5.41, 5.74) is 7.15. The summed E-state index contributed by atoms with van der Waals surface area (Å²) in [6, 6.07) is 1.94. The molecule has 0 radical (unpaired) electrons. The maximum Gasteiger partial charge on any atom is 0.389 e. The molecule has 0 amide bonds. The minimum atomic E-state index is -4.49. The molecule has 3 N–H and O–H groups in total. The Balaban J connectivity index is 2.17. The number of fused-ring (bicyclic) bond motifs is 1. The van der Waals surface area contributed by atoms with Crippen LogP contribution >= 0.6 is 35.0 Å². The topological polar surface area (TPSA) is 62.8 Å². The van der Waals surface area contributed by atoms with E-state index < -0.39 is 34.6 Å². The van der Waals surface area contributed by atoms with Crippen molar-refractivity contribution in [3.05, 3.63) is 39.8 Å². The predicted octanol–water partition coefficient (Wildman–Crippen LogP) is 4.36. The van der Waals surface area contributed by atoms with E-state index in [1.54, 1.807) is 0 Å². The van der Waals surface area contributed by atoms with Crippen LogP contribution in [0, 0.1) is 5.82 Å². The Morgan fingerprint density at radius 1 is 1.23 bits per heavy atom. The van der Waals surface area contributed by atoms with E-state index in [0.717, 1.165) is 12.1 Å². The van der Waals surface area contributed by atoms with Crippen molar-refractivity contribution in [1.82, 2.24) is 5.43 Å². The fraction of sp³-hybridized carbons (Fsp3) is 0.286. The molecule has 0 saturated heterocycles. The Morgan fingerprint density at radius 3 is 2.42 bits per heavy atom. The highest BCUT2D eigenvalue weighted by atomic mass is 35.5. The smallest absolute Gasteiger partial charge is 0.271 e. The summed E-state index contributed by atoms with van der Waals surface area (Å²) in [5, 5.41) is -0.268. The minimum absolute atomic E-state index is 0.0218. The fourth-order valence-electron chi connectivity index (χ4n) is 2.81. The molecule has 1 aromatic rings. The van der Waals surface area contributed by atoms with Crippen molar-refractivity contribution < 1.29 is 21.7 Å². The van der Waals surface area contributed by atoms with Crippen LogP contribution in [0.2, 0.25) is 10.0 Å². The van der Waals surface area contributed by atoms with Crippen LogP contribution in [0.1, 0.15) is 18.4 Å². The first-order chi connectivity index (χ1) is 12.0. The summed E-state index contributed by atoms with van der Waals surface area (Å²) in [6.45, 7) is 0. The van der Waals surface area contributed by atoms with Crippen LogP contribution in [-0.2, 0) is 0 Å². The van der Waals surface area contributed by atoms with Crippen molar-refractivity contribution in [3.63, 3.8) is 0 Å². The van der Waals surface area contributed by atoms with Gasteiger partial charge < -0.3 is 0 Å². The quantitative estimate of drug-likeness (QED) is 0.552. The van der Waals surface area contributed by atoms with Crippen LogP contribution in [0.15, 0.2) is 28.3 Å². The van der Waals surface area contributed by atoms with Gasteiger partial charge in [-0.15, -0.1) is 0 Å². The average molecular weight is 432 g/mol. The number of nitrogens with zero attached hydrogens (tertiary/aromatic N) is 3. The molecule has 0 spiro atoms. The normalized spacial score (nSPS) is 27.7. The van der Waals surface area contributed by atoms with E-state index in [2.05, 4.69) is 15.4 Å². The molecule has 0 aromatic heterocycles. The van der Waals surface area contributed by atoms with Crippen LogP contribution < -0.4 is 11.2 Å². The molecule has 140 valence electrons. The number of hydrogen-bond donors (Lipinski definition) is 2. The maximum atomic E-state index is 13.5. The van der Waals surface area contributed by atoms with Gasteiger partial charge in [0.1, 0.15) is 12.2 Å². The van der Waals surface area contributed by atoms with Gasteiger partial charge in [-0.2, -0.15) is 28.6 Å². The number of guanidine groups is 1. The number of alkyl halides is 3. The van der Waals surface area contributed by atoms with Gasteiger partial charge in [0.15, 0.2) is 0 Å². The molecule has 0 saturated carbocycles. The third-order valence-electron chi connectivity index (χ3n) is 4.08. The van der Waals surface area contributed by atoms with E-state index in [9.17, 15) is 17.6 Å². The lowest BCUT2D eigenvalue weighted by molar-refractivity contribution is -0.805. The highest BCUT2D eigenvalue weighted by Gasteiger charge is 2.61. The van der Waals surface area contributed by atoms with E-state index in [-0.39, 0.29) is 27.1 Å². The first-order valence-corrected chi connectivity index (χ1v) is 8.26. The number of hydrogen-bond acceptors (Lipinski definition) is 4. The SMILES string of the molecule is NC1(CCC(F)(F)F)C(c2c(Cl)cc(F)cc2Cl)=CN=C2N=CN[N+]21Cl. The number of benzene rings is 1. The largest absolute Gasteiger partial charge is 0.389 e. The average Bonchev–Trinajstić information content (AvgIpc) is 2.89. The molecule has 5 nitrogen and oxygen atoms in total. The Hall–Kier alpha value is -1.39. The second-order valence-electron chi connectivity index (χ2n) is 5.73. The summed E-state index contributed by atoms with van der Waals surface area (Å²) < 4.78 is 51.2. The van der Waals surface area contributed by atoms with Crippen molar-refractivity contribution >= 4 is 52.8 Å². The number of nitrogens with two attached hydrogens (primary N) is 1. The number of nitrogens with one attached hydrogen (secondary N) is 1. The fourth-order valence-corrected chi connectivity index (χ4v) is 3.78. The second kappa shape index (κ2) is 6.35. The molecule has 0 aliphatic carbocycles. The lowest BCUT2D eigenvalue weighted by Crippen LogP contribution is -2.71. The summed E-state index contributed by atoms with van der Waals surface area (Å²) >= 11 is 18.6. The molecule has 26 heavy (non-hydrogen) atoms. The van der Waals surface area contributed by atoms with E-state index in [0.29, 0.717) is 0 Å².